The molecule has 2 rings (SSSR count). The third-order valence-corrected chi connectivity index (χ3v) is 3.69. The summed E-state index contributed by atoms with van der Waals surface area (Å²) in [4.78, 5) is 0. The van der Waals surface area contributed by atoms with E-state index in [0.29, 0.717) is 22.2 Å². The Hall–Kier alpha value is -1.91. The van der Waals surface area contributed by atoms with Gasteiger partial charge in [-0.15, -0.1) is 0 Å². The van der Waals surface area contributed by atoms with Crippen LogP contribution in [0.25, 0.3) is 0 Å². The van der Waals surface area contributed by atoms with Gasteiger partial charge in [-0.2, -0.15) is 0 Å². The molecule has 4 nitrogen and oxygen atoms in total. The Kier molecular flexibility index (Phi) is 4.94. The number of oxime groups is 1. The lowest BCUT2D eigenvalue weighted by Gasteiger charge is -2.12. The molecule has 2 aromatic carbocycles. The fourth-order valence-electron chi connectivity index (χ4n) is 1.93. The molecule has 0 aliphatic carbocycles. The Bertz CT molecular complexity index is 687. The highest BCUT2D eigenvalue weighted by Gasteiger charge is 2.05. The maximum atomic E-state index is 8.68. The van der Waals surface area contributed by atoms with E-state index in [1.807, 2.05) is 31.2 Å². The molecule has 0 aliphatic heterocycles. The van der Waals surface area contributed by atoms with Crippen LogP contribution in [0.2, 0.25) is 10.0 Å². The van der Waals surface area contributed by atoms with Crippen LogP contribution in [0.4, 0.5) is 5.69 Å². The van der Waals surface area contributed by atoms with Crippen molar-refractivity contribution in [2.45, 2.75) is 13.5 Å². The van der Waals surface area contributed by atoms with Crippen molar-refractivity contribution >= 4 is 34.7 Å². The van der Waals surface area contributed by atoms with Crippen LogP contribution in [0, 0.1) is 6.92 Å². The van der Waals surface area contributed by atoms with Gasteiger partial charge in [0.2, 0.25) is 0 Å². The third kappa shape index (κ3) is 3.80. The van der Waals surface area contributed by atoms with Gasteiger partial charge < -0.3 is 16.3 Å². The van der Waals surface area contributed by atoms with Gasteiger partial charge in [-0.05, 0) is 42.3 Å². The molecule has 21 heavy (non-hydrogen) atoms. The molecule has 0 heterocycles. The topological polar surface area (TPSA) is 70.6 Å². The van der Waals surface area contributed by atoms with Gasteiger partial charge in [0.05, 0.1) is 10.7 Å². The van der Waals surface area contributed by atoms with E-state index in [2.05, 4.69) is 10.5 Å². The summed E-state index contributed by atoms with van der Waals surface area (Å²) in [6.07, 6.45) is 0. The Balaban J connectivity index is 2.13. The summed E-state index contributed by atoms with van der Waals surface area (Å²) in [6, 6.07) is 10.9. The first-order valence-corrected chi connectivity index (χ1v) is 7.03. The third-order valence-electron chi connectivity index (χ3n) is 3.15. The van der Waals surface area contributed by atoms with Crippen molar-refractivity contribution < 1.29 is 5.21 Å². The SMILES string of the molecule is Cc1cc(/C(N)=N/O)ccc1CNc1ccc(Cl)cc1Cl. The zero-order valence-corrected chi connectivity index (χ0v) is 12.9. The molecule has 2 aromatic rings. The second kappa shape index (κ2) is 6.70. The molecule has 0 bridgehead atoms. The highest BCUT2D eigenvalue weighted by molar-refractivity contribution is 6.36. The van der Waals surface area contributed by atoms with Crippen LogP contribution in [0.15, 0.2) is 41.6 Å². The second-order valence-electron chi connectivity index (χ2n) is 4.60. The van der Waals surface area contributed by atoms with Gasteiger partial charge in [0, 0.05) is 17.1 Å². The fourth-order valence-corrected chi connectivity index (χ4v) is 2.41. The number of nitrogens with zero attached hydrogens (tertiary/aromatic N) is 1. The summed E-state index contributed by atoms with van der Waals surface area (Å²) in [6.45, 7) is 2.58. The number of hydrogen-bond donors (Lipinski definition) is 3. The molecule has 0 spiro atoms. The first kappa shape index (κ1) is 15.5. The van der Waals surface area contributed by atoms with Gasteiger partial charge in [-0.25, -0.2) is 0 Å². The van der Waals surface area contributed by atoms with Crippen LogP contribution in [0.1, 0.15) is 16.7 Å². The van der Waals surface area contributed by atoms with Crippen LogP contribution in [0.5, 0.6) is 0 Å². The minimum absolute atomic E-state index is 0.0957. The van der Waals surface area contributed by atoms with E-state index in [4.69, 9.17) is 34.1 Å². The quantitative estimate of drug-likeness (QED) is 0.344. The number of halogens is 2. The predicted molar refractivity (Wildman–Crippen MR) is 87.5 cm³/mol. The summed E-state index contributed by atoms with van der Waals surface area (Å²) in [5, 5.41) is 16.1. The van der Waals surface area contributed by atoms with E-state index >= 15 is 0 Å². The zero-order valence-electron chi connectivity index (χ0n) is 11.4. The monoisotopic (exact) mass is 323 g/mol. The Morgan fingerprint density at radius 2 is 2.00 bits per heavy atom. The molecule has 0 atom stereocenters. The lowest BCUT2D eigenvalue weighted by molar-refractivity contribution is 0.318. The fraction of sp³-hybridized carbons (Fsp3) is 0.133. The second-order valence-corrected chi connectivity index (χ2v) is 5.45. The minimum Gasteiger partial charge on any atom is -0.409 e. The predicted octanol–water partition coefficient (Wildman–Crippen LogP) is 4.01. The molecule has 0 unspecified atom stereocenters. The Morgan fingerprint density at radius 3 is 2.62 bits per heavy atom. The highest BCUT2D eigenvalue weighted by atomic mass is 35.5. The highest BCUT2D eigenvalue weighted by Crippen LogP contribution is 2.26. The average molecular weight is 324 g/mol. The lowest BCUT2D eigenvalue weighted by Crippen LogP contribution is -2.13. The summed E-state index contributed by atoms with van der Waals surface area (Å²) >= 11 is 12.0. The number of nitrogens with one attached hydrogen (secondary N) is 1. The van der Waals surface area contributed by atoms with E-state index in [-0.39, 0.29) is 5.84 Å². The zero-order chi connectivity index (χ0) is 15.4. The normalized spacial score (nSPS) is 11.5. The molecule has 4 N–H and O–H groups in total. The Morgan fingerprint density at radius 1 is 1.24 bits per heavy atom. The van der Waals surface area contributed by atoms with Crippen LogP contribution in [-0.4, -0.2) is 11.0 Å². The van der Waals surface area contributed by atoms with Gasteiger partial charge in [0.15, 0.2) is 5.84 Å². The van der Waals surface area contributed by atoms with Crippen LogP contribution >= 0.6 is 23.2 Å². The molecular formula is C15H15Cl2N3O. The van der Waals surface area contributed by atoms with Gasteiger partial charge in [-0.3, -0.25) is 0 Å². The molecule has 0 saturated heterocycles. The number of hydrogen-bond acceptors (Lipinski definition) is 3. The number of benzene rings is 2. The molecule has 110 valence electrons. The largest absolute Gasteiger partial charge is 0.409 e. The summed E-state index contributed by atoms with van der Waals surface area (Å²) in [5.74, 6) is 0.0957. The van der Waals surface area contributed by atoms with Crippen LogP contribution in [-0.2, 0) is 6.54 Å². The summed E-state index contributed by atoms with van der Waals surface area (Å²) < 4.78 is 0. The number of rotatable bonds is 4. The molecule has 0 radical (unpaired) electrons. The van der Waals surface area contributed by atoms with Crippen molar-refractivity contribution in [2.24, 2.45) is 10.9 Å². The van der Waals surface area contributed by atoms with Crippen molar-refractivity contribution in [3.8, 4) is 0 Å². The van der Waals surface area contributed by atoms with Crippen molar-refractivity contribution in [3.05, 3.63) is 63.1 Å². The molecule has 0 saturated carbocycles. The van der Waals surface area contributed by atoms with E-state index in [9.17, 15) is 0 Å². The van der Waals surface area contributed by atoms with E-state index in [1.165, 1.54) is 0 Å². The molecule has 6 heteroatoms. The van der Waals surface area contributed by atoms with Crippen LogP contribution < -0.4 is 11.1 Å². The molecule has 0 aliphatic rings. The van der Waals surface area contributed by atoms with Crippen molar-refractivity contribution in [1.82, 2.24) is 0 Å². The van der Waals surface area contributed by atoms with Gasteiger partial charge in [0.1, 0.15) is 0 Å². The minimum atomic E-state index is 0.0957. The van der Waals surface area contributed by atoms with E-state index in [0.717, 1.165) is 16.8 Å². The van der Waals surface area contributed by atoms with Gasteiger partial charge in [0.25, 0.3) is 0 Å². The van der Waals surface area contributed by atoms with Crippen molar-refractivity contribution in [2.75, 3.05) is 5.32 Å². The van der Waals surface area contributed by atoms with Crippen LogP contribution in [0.3, 0.4) is 0 Å². The van der Waals surface area contributed by atoms with E-state index in [1.54, 1.807) is 12.1 Å². The van der Waals surface area contributed by atoms with Gasteiger partial charge in [-0.1, -0.05) is 40.5 Å². The molecule has 0 aromatic heterocycles. The first-order valence-electron chi connectivity index (χ1n) is 6.27. The van der Waals surface area contributed by atoms with Gasteiger partial charge >= 0.3 is 0 Å². The maximum Gasteiger partial charge on any atom is 0.170 e. The summed E-state index contributed by atoms with van der Waals surface area (Å²) in [5.41, 5.74) is 9.20. The number of nitrogens with two attached hydrogens (primary N) is 1. The molecule has 0 amide bonds. The first-order chi connectivity index (χ1) is 10.0. The lowest BCUT2D eigenvalue weighted by atomic mass is 10.0. The Labute approximate surface area is 133 Å². The molecular weight excluding hydrogens is 309 g/mol. The summed E-state index contributed by atoms with van der Waals surface area (Å²) in [7, 11) is 0. The number of aryl methyl sites for hydroxylation is 1. The van der Waals surface area contributed by atoms with Crippen molar-refractivity contribution in [1.29, 1.82) is 0 Å². The average Bonchev–Trinajstić information content (AvgIpc) is 2.46. The standard InChI is InChI=1S/C15H15Cl2N3O/c1-9-6-10(15(18)20-21)2-3-11(9)8-19-14-5-4-12(16)7-13(14)17/h2-7,19,21H,8H2,1H3,(H2,18,20). The smallest absolute Gasteiger partial charge is 0.170 e. The number of anilines is 1. The van der Waals surface area contributed by atoms with Crippen molar-refractivity contribution in [3.63, 3.8) is 0 Å². The molecule has 0 fully saturated rings. The number of amidine groups is 1. The maximum absolute atomic E-state index is 8.68. The van der Waals surface area contributed by atoms with E-state index < -0.39 is 0 Å².